The molecule has 32 heavy (non-hydrogen) atoms. The van der Waals surface area contributed by atoms with Crippen molar-refractivity contribution >= 4 is 44.7 Å². The highest BCUT2D eigenvalue weighted by molar-refractivity contribution is 8.01. The Morgan fingerprint density at radius 3 is 2.31 bits per heavy atom. The average molecular weight is 501 g/mol. The molecule has 0 aliphatic rings. The van der Waals surface area contributed by atoms with Gasteiger partial charge in [0.1, 0.15) is 11.6 Å². The number of amidine groups is 1. The molecule has 0 atom stereocenters. The quantitative estimate of drug-likeness (QED) is 0.167. The van der Waals surface area contributed by atoms with E-state index in [1.54, 1.807) is 18.4 Å². The third-order valence-electron chi connectivity index (χ3n) is 4.16. The summed E-state index contributed by atoms with van der Waals surface area (Å²) in [5.74, 6) is -2.92. The van der Waals surface area contributed by atoms with E-state index in [1.807, 2.05) is 0 Å². The fraction of sp³-hybridized carbons (Fsp3) is 0.100. The van der Waals surface area contributed by atoms with Crippen LogP contribution in [-0.4, -0.2) is 32.7 Å². The molecule has 168 valence electrons. The zero-order chi connectivity index (χ0) is 23.7. The first kappa shape index (κ1) is 23.8. The van der Waals surface area contributed by atoms with Crippen LogP contribution in [0.2, 0.25) is 0 Å². The molecule has 3 N–H and O–H groups in total. The van der Waals surface area contributed by atoms with E-state index in [4.69, 9.17) is 11.1 Å². The van der Waals surface area contributed by atoms with Crippen LogP contribution in [0.15, 0.2) is 68.6 Å². The highest BCUT2D eigenvalue weighted by Gasteiger charge is 2.41. The zero-order valence-corrected chi connectivity index (χ0v) is 18.7. The summed E-state index contributed by atoms with van der Waals surface area (Å²) in [4.78, 5) is 11.4. The zero-order valence-electron chi connectivity index (χ0n) is 16.3. The van der Waals surface area contributed by atoms with Gasteiger partial charge in [-0.1, -0.05) is 24.3 Å². The second-order valence-corrected chi connectivity index (χ2v) is 10.4. The number of thioether (sulfide) groups is 1. The van der Waals surface area contributed by atoms with Crippen LogP contribution in [-0.2, 0) is 14.6 Å². The van der Waals surface area contributed by atoms with Gasteiger partial charge in [-0.15, -0.1) is 23.1 Å². The Hall–Kier alpha value is -2.83. The number of thiophene rings is 1. The van der Waals surface area contributed by atoms with Gasteiger partial charge in [-0.2, -0.15) is 13.2 Å². The van der Waals surface area contributed by atoms with Crippen molar-refractivity contribution in [2.45, 2.75) is 20.2 Å². The van der Waals surface area contributed by atoms with E-state index in [0.717, 1.165) is 11.3 Å². The second-order valence-electron chi connectivity index (χ2n) is 6.33. The molecule has 0 amide bonds. The standard InChI is InChI=1S/C20H15F3N2O4S3/c1-30-18-16(10-15(31-18)17(24)25)32(27,28)14-7-3-5-12(9-14)11-4-2-6-13(8-11)29-19(26)20(21,22)23/h2-10H,1H3,(H3,24,25). The molecule has 1 aromatic heterocycles. The van der Waals surface area contributed by atoms with Gasteiger partial charge in [-0.25, -0.2) is 13.2 Å². The Bertz CT molecular complexity index is 1300. The van der Waals surface area contributed by atoms with E-state index in [-0.39, 0.29) is 21.4 Å². The van der Waals surface area contributed by atoms with Crippen LogP contribution in [0, 0.1) is 5.41 Å². The van der Waals surface area contributed by atoms with Crippen LogP contribution in [0.5, 0.6) is 5.75 Å². The molecule has 0 aliphatic carbocycles. The van der Waals surface area contributed by atoms with Crippen molar-refractivity contribution < 1.29 is 31.1 Å². The number of hydrogen-bond acceptors (Lipinski definition) is 7. The first-order valence-corrected chi connectivity index (χ1v) is 12.2. The largest absolute Gasteiger partial charge is 0.491 e. The minimum Gasteiger partial charge on any atom is -0.420 e. The number of esters is 1. The van der Waals surface area contributed by atoms with Crippen molar-refractivity contribution in [3.05, 3.63) is 59.5 Å². The highest BCUT2D eigenvalue weighted by atomic mass is 32.2. The summed E-state index contributed by atoms with van der Waals surface area (Å²) in [7, 11) is -3.97. The molecule has 1 heterocycles. The first-order valence-electron chi connectivity index (χ1n) is 8.70. The van der Waals surface area contributed by atoms with Gasteiger partial charge in [-0.05, 0) is 47.7 Å². The summed E-state index contributed by atoms with van der Waals surface area (Å²) in [5, 5.41) is 7.56. The topological polar surface area (TPSA) is 110 Å². The lowest BCUT2D eigenvalue weighted by molar-refractivity contribution is -0.189. The molecule has 0 fully saturated rings. The fourth-order valence-corrected chi connectivity index (χ4v) is 6.60. The number of alkyl halides is 3. The average Bonchev–Trinajstić information content (AvgIpc) is 3.19. The lowest BCUT2D eigenvalue weighted by Crippen LogP contribution is -2.27. The van der Waals surface area contributed by atoms with Crippen LogP contribution in [0.1, 0.15) is 4.88 Å². The molecule has 6 nitrogen and oxygen atoms in total. The van der Waals surface area contributed by atoms with Gasteiger partial charge in [0.05, 0.1) is 18.9 Å². The predicted molar refractivity (Wildman–Crippen MR) is 116 cm³/mol. The number of rotatable bonds is 6. The molecular formula is C20H15F3N2O4S3. The third kappa shape index (κ3) is 4.97. The Labute approximate surface area is 189 Å². The van der Waals surface area contributed by atoms with E-state index < -0.39 is 22.0 Å². The molecule has 0 bridgehead atoms. The smallest absolute Gasteiger partial charge is 0.420 e. The predicted octanol–water partition coefficient (Wildman–Crippen LogP) is 4.72. The summed E-state index contributed by atoms with van der Waals surface area (Å²) < 4.78 is 68.7. The number of halogens is 3. The molecule has 12 heteroatoms. The molecule has 0 radical (unpaired) electrons. The monoisotopic (exact) mass is 500 g/mol. The van der Waals surface area contributed by atoms with Crippen molar-refractivity contribution in [2.24, 2.45) is 5.73 Å². The highest BCUT2D eigenvalue weighted by Crippen LogP contribution is 2.37. The van der Waals surface area contributed by atoms with Crippen molar-refractivity contribution in [2.75, 3.05) is 6.26 Å². The maximum atomic E-state index is 13.2. The molecule has 0 unspecified atom stereocenters. The number of nitrogens with one attached hydrogen (secondary N) is 1. The molecule has 0 aliphatic heterocycles. The van der Waals surface area contributed by atoms with Crippen LogP contribution >= 0.6 is 23.1 Å². The van der Waals surface area contributed by atoms with Crippen LogP contribution in [0.4, 0.5) is 13.2 Å². The number of carbonyl (C=O) groups is 1. The minimum atomic E-state index is -5.14. The van der Waals surface area contributed by atoms with E-state index in [0.29, 0.717) is 20.2 Å². The van der Waals surface area contributed by atoms with E-state index in [1.165, 1.54) is 54.2 Å². The van der Waals surface area contributed by atoms with Gasteiger partial charge < -0.3 is 10.5 Å². The van der Waals surface area contributed by atoms with Gasteiger partial charge >= 0.3 is 12.1 Å². The van der Waals surface area contributed by atoms with Gasteiger partial charge in [-0.3, -0.25) is 5.41 Å². The van der Waals surface area contributed by atoms with Gasteiger partial charge in [0.15, 0.2) is 0 Å². The van der Waals surface area contributed by atoms with Crippen LogP contribution < -0.4 is 10.5 Å². The van der Waals surface area contributed by atoms with Crippen molar-refractivity contribution in [1.29, 1.82) is 5.41 Å². The molecule has 0 spiro atoms. The molecule has 3 aromatic rings. The Morgan fingerprint density at radius 2 is 1.72 bits per heavy atom. The summed E-state index contributed by atoms with van der Waals surface area (Å²) in [6.45, 7) is 0. The van der Waals surface area contributed by atoms with Crippen molar-refractivity contribution in [1.82, 2.24) is 0 Å². The van der Waals surface area contributed by atoms with Crippen LogP contribution in [0.25, 0.3) is 11.1 Å². The lowest BCUT2D eigenvalue weighted by Gasteiger charge is -2.10. The Balaban J connectivity index is 2.00. The third-order valence-corrected chi connectivity index (χ3v) is 8.50. The molecule has 3 rings (SSSR count). The summed E-state index contributed by atoms with van der Waals surface area (Å²) >= 11 is 2.31. The SMILES string of the molecule is CSc1sc(C(=N)N)cc1S(=O)(=O)c1cccc(-c2cccc(OC(=O)C(F)(F)F)c2)c1. The lowest BCUT2D eigenvalue weighted by atomic mass is 10.1. The number of hydrogen-bond donors (Lipinski definition) is 2. The fourth-order valence-electron chi connectivity index (χ4n) is 2.69. The number of nitrogens with two attached hydrogens (primary N) is 1. The minimum absolute atomic E-state index is 0.0187. The van der Waals surface area contributed by atoms with Gasteiger partial charge in [0.25, 0.3) is 0 Å². The summed E-state index contributed by atoms with van der Waals surface area (Å²) in [6.07, 6.45) is -3.43. The maximum absolute atomic E-state index is 13.2. The number of carbonyl (C=O) groups excluding carboxylic acids is 1. The second kappa shape index (κ2) is 8.96. The van der Waals surface area contributed by atoms with E-state index in [2.05, 4.69) is 4.74 Å². The molecule has 0 saturated carbocycles. The van der Waals surface area contributed by atoms with Gasteiger partial charge in [0, 0.05) is 0 Å². The van der Waals surface area contributed by atoms with E-state index >= 15 is 0 Å². The summed E-state index contributed by atoms with van der Waals surface area (Å²) in [5.41, 5.74) is 6.24. The molecule has 2 aromatic carbocycles. The maximum Gasteiger partial charge on any atom is 0.491 e. The molecule has 0 saturated heterocycles. The first-order chi connectivity index (χ1) is 14.9. The van der Waals surface area contributed by atoms with Crippen molar-refractivity contribution in [3.8, 4) is 16.9 Å². The number of sulfone groups is 1. The number of ether oxygens (including phenoxy) is 1. The molecular weight excluding hydrogens is 485 g/mol. The summed E-state index contributed by atoms with van der Waals surface area (Å²) in [6, 6.07) is 12.5. The normalized spacial score (nSPS) is 11.9. The number of nitrogen functional groups attached to an aromatic ring is 1. The van der Waals surface area contributed by atoms with Crippen molar-refractivity contribution in [3.63, 3.8) is 0 Å². The van der Waals surface area contributed by atoms with Crippen LogP contribution in [0.3, 0.4) is 0 Å². The van der Waals surface area contributed by atoms with E-state index in [9.17, 15) is 26.4 Å². The van der Waals surface area contributed by atoms with Gasteiger partial charge in [0.2, 0.25) is 9.84 Å². The number of benzene rings is 2. The Morgan fingerprint density at radius 1 is 1.09 bits per heavy atom. The Kier molecular flexibility index (Phi) is 6.67.